The van der Waals surface area contributed by atoms with Crippen LogP contribution in [0.15, 0.2) is 46.9 Å². The van der Waals surface area contributed by atoms with Crippen LogP contribution in [0.4, 0.5) is 5.69 Å². The third-order valence-corrected chi connectivity index (χ3v) is 7.48. The van der Waals surface area contributed by atoms with Crippen LogP contribution >= 0.6 is 11.6 Å². The Morgan fingerprint density at radius 3 is 2.65 bits per heavy atom. The number of anilines is 1. The van der Waals surface area contributed by atoms with Crippen molar-refractivity contribution in [3.63, 3.8) is 0 Å². The quantitative estimate of drug-likeness (QED) is 0.727. The number of rotatable bonds is 5. The van der Waals surface area contributed by atoms with Crippen LogP contribution in [0.5, 0.6) is 11.5 Å². The van der Waals surface area contributed by atoms with Gasteiger partial charge in [0.25, 0.3) is 5.91 Å². The predicted octanol–water partition coefficient (Wildman–Crippen LogP) is 3.94. The molecular formula is C22H23ClN2O5S. The number of ether oxygens (including phenoxy) is 2. The van der Waals surface area contributed by atoms with Gasteiger partial charge in [0.2, 0.25) is 10.0 Å². The minimum atomic E-state index is -3.64. The first-order chi connectivity index (χ1) is 14.9. The number of hydrogen-bond acceptors (Lipinski definition) is 5. The second-order valence-corrected chi connectivity index (χ2v) is 9.80. The topological polar surface area (TPSA) is 84.9 Å². The molecule has 2 aromatic carbocycles. The molecule has 0 aliphatic carbocycles. The summed E-state index contributed by atoms with van der Waals surface area (Å²) in [5.74, 6) is 0.608. The minimum Gasteiger partial charge on any atom is -0.495 e. The molecule has 2 aliphatic heterocycles. The summed E-state index contributed by atoms with van der Waals surface area (Å²) in [4.78, 5) is 13.0. The summed E-state index contributed by atoms with van der Waals surface area (Å²) in [7, 11) is -2.18. The predicted molar refractivity (Wildman–Crippen MR) is 119 cm³/mol. The molecule has 0 bridgehead atoms. The standard InChI is InChI=1S/C22H23ClN2O5S/c1-29-21-8-6-18(31(27,28)25-9-3-2-4-10-25)13-19(21)24-22(26)16-11-15-12-17(23)5-7-20(15)30-14-16/h5-8,11-13H,2-4,9-10,14H2,1H3,(H,24,26). The number of piperidine rings is 1. The summed E-state index contributed by atoms with van der Waals surface area (Å²) in [5, 5.41) is 3.30. The molecule has 1 N–H and O–H groups in total. The van der Waals surface area contributed by atoms with Crippen LogP contribution in [0.25, 0.3) is 6.08 Å². The van der Waals surface area contributed by atoms with Crippen molar-refractivity contribution in [3.8, 4) is 11.5 Å². The number of nitrogens with zero attached hydrogens (tertiary/aromatic N) is 1. The second kappa shape index (κ2) is 8.90. The van der Waals surface area contributed by atoms with Gasteiger partial charge in [-0.05, 0) is 55.3 Å². The first-order valence-electron chi connectivity index (χ1n) is 10.0. The number of benzene rings is 2. The number of methoxy groups -OCH3 is 1. The molecule has 4 rings (SSSR count). The van der Waals surface area contributed by atoms with Gasteiger partial charge in [0.05, 0.1) is 23.3 Å². The van der Waals surface area contributed by atoms with E-state index in [1.807, 2.05) is 0 Å². The Morgan fingerprint density at radius 2 is 1.90 bits per heavy atom. The molecular weight excluding hydrogens is 440 g/mol. The fourth-order valence-electron chi connectivity index (χ4n) is 3.68. The van der Waals surface area contributed by atoms with Crippen molar-refractivity contribution in [1.29, 1.82) is 0 Å². The molecule has 1 fully saturated rings. The van der Waals surface area contributed by atoms with Crippen LogP contribution < -0.4 is 14.8 Å². The van der Waals surface area contributed by atoms with Crippen LogP contribution in [-0.4, -0.2) is 45.4 Å². The summed E-state index contributed by atoms with van der Waals surface area (Å²) in [5.41, 5.74) is 1.38. The summed E-state index contributed by atoms with van der Waals surface area (Å²) in [6.07, 6.45) is 4.43. The minimum absolute atomic E-state index is 0.0918. The molecule has 0 spiro atoms. The van der Waals surface area contributed by atoms with Gasteiger partial charge in [0.1, 0.15) is 18.1 Å². The monoisotopic (exact) mass is 462 g/mol. The maximum absolute atomic E-state index is 13.0. The van der Waals surface area contributed by atoms with Crippen LogP contribution in [0, 0.1) is 0 Å². The lowest BCUT2D eigenvalue weighted by Crippen LogP contribution is -2.35. The molecule has 1 saturated heterocycles. The van der Waals surface area contributed by atoms with E-state index in [1.54, 1.807) is 30.3 Å². The van der Waals surface area contributed by atoms with Gasteiger partial charge in [-0.3, -0.25) is 4.79 Å². The summed E-state index contributed by atoms with van der Waals surface area (Å²) in [6, 6.07) is 9.68. The zero-order chi connectivity index (χ0) is 22.0. The number of nitrogens with one attached hydrogen (secondary N) is 1. The zero-order valence-electron chi connectivity index (χ0n) is 17.1. The molecule has 164 valence electrons. The third kappa shape index (κ3) is 4.56. The van der Waals surface area contributed by atoms with Crippen molar-refractivity contribution in [1.82, 2.24) is 4.31 Å². The lowest BCUT2D eigenvalue weighted by molar-refractivity contribution is -0.113. The molecule has 0 saturated carbocycles. The van der Waals surface area contributed by atoms with E-state index < -0.39 is 15.9 Å². The van der Waals surface area contributed by atoms with Gasteiger partial charge in [0, 0.05) is 23.7 Å². The molecule has 1 amide bonds. The molecule has 0 radical (unpaired) electrons. The number of carbonyl (C=O) groups excluding carboxylic acids is 1. The van der Waals surface area contributed by atoms with Crippen LogP contribution in [0.1, 0.15) is 24.8 Å². The van der Waals surface area contributed by atoms with E-state index in [0.29, 0.717) is 40.7 Å². The van der Waals surface area contributed by atoms with Gasteiger partial charge in [-0.1, -0.05) is 18.0 Å². The largest absolute Gasteiger partial charge is 0.495 e. The highest BCUT2D eigenvalue weighted by atomic mass is 35.5. The first-order valence-corrected chi connectivity index (χ1v) is 11.8. The molecule has 0 atom stereocenters. The van der Waals surface area contributed by atoms with Crippen molar-refractivity contribution in [2.45, 2.75) is 24.2 Å². The van der Waals surface area contributed by atoms with Crippen molar-refractivity contribution >= 4 is 39.3 Å². The molecule has 7 nitrogen and oxygen atoms in total. The summed E-state index contributed by atoms with van der Waals surface area (Å²) >= 11 is 6.03. The number of sulfonamides is 1. The van der Waals surface area contributed by atoms with Gasteiger partial charge < -0.3 is 14.8 Å². The lowest BCUT2D eigenvalue weighted by atomic mass is 10.1. The maximum atomic E-state index is 13.0. The molecule has 0 unspecified atom stereocenters. The zero-order valence-corrected chi connectivity index (χ0v) is 18.6. The number of hydrogen-bond donors (Lipinski definition) is 1. The molecule has 31 heavy (non-hydrogen) atoms. The van der Waals surface area contributed by atoms with Crippen LogP contribution in [0.3, 0.4) is 0 Å². The SMILES string of the molecule is COc1ccc(S(=O)(=O)N2CCCCC2)cc1NC(=O)C1=Cc2cc(Cl)ccc2OC1. The Morgan fingerprint density at radius 1 is 1.13 bits per heavy atom. The fraction of sp³-hybridized carbons (Fsp3) is 0.318. The van der Waals surface area contributed by atoms with Gasteiger partial charge in [-0.25, -0.2) is 8.42 Å². The highest BCUT2D eigenvalue weighted by Gasteiger charge is 2.27. The molecule has 0 aromatic heterocycles. The lowest BCUT2D eigenvalue weighted by Gasteiger charge is -2.26. The van der Waals surface area contributed by atoms with Gasteiger partial charge in [-0.15, -0.1) is 0 Å². The van der Waals surface area contributed by atoms with E-state index in [1.165, 1.54) is 23.5 Å². The smallest absolute Gasteiger partial charge is 0.255 e. The number of fused-ring (bicyclic) bond motifs is 1. The molecule has 2 aromatic rings. The highest BCUT2D eigenvalue weighted by molar-refractivity contribution is 7.89. The van der Waals surface area contributed by atoms with Gasteiger partial charge in [-0.2, -0.15) is 4.31 Å². The van der Waals surface area contributed by atoms with E-state index >= 15 is 0 Å². The van der Waals surface area contributed by atoms with Crippen molar-refractivity contribution < 1.29 is 22.7 Å². The average molecular weight is 463 g/mol. The molecule has 2 heterocycles. The Balaban J connectivity index is 1.60. The van der Waals surface area contributed by atoms with Crippen molar-refractivity contribution in [2.75, 3.05) is 32.1 Å². The van der Waals surface area contributed by atoms with Crippen molar-refractivity contribution in [3.05, 3.63) is 52.6 Å². The fourth-order valence-corrected chi connectivity index (χ4v) is 5.41. The summed E-state index contributed by atoms with van der Waals surface area (Å²) < 4.78 is 38.5. The third-order valence-electron chi connectivity index (χ3n) is 5.35. The van der Waals surface area contributed by atoms with Gasteiger partial charge >= 0.3 is 0 Å². The Hall–Kier alpha value is -2.55. The average Bonchev–Trinajstić information content (AvgIpc) is 2.79. The Bertz CT molecular complexity index is 1140. The normalized spacial score (nSPS) is 16.6. The Kier molecular flexibility index (Phi) is 6.22. The molecule has 9 heteroatoms. The number of carbonyl (C=O) groups is 1. The van der Waals surface area contributed by atoms with Gasteiger partial charge in [0.15, 0.2) is 0 Å². The summed E-state index contributed by atoms with van der Waals surface area (Å²) in [6.45, 7) is 1.10. The van der Waals surface area contributed by atoms with E-state index in [0.717, 1.165) is 19.3 Å². The van der Waals surface area contributed by atoms with Crippen molar-refractivity contribution in [2.24, 2.45) is 0 Å². The van der Waals surface area contributed by atoms with E-state index in [2.05, 4.69) is 5.32 Å². The molecule has 2 aliphatic rings. The Labute approximate surface area is 186 Å². The van der Waals surface area contributed by atoms with Crippen LogP contribution in [0.2, 0.25) is 5.02 Å². The number of amides is 1. The van der Waals surface area contributed by atoms with E-state index in [9.17, 15) is 13.2 Å². The maximum Gasteiger partial charge on any atom is 0.255 e. The highest BCUT2D eigenvalue weighted by Crippen LogP contribution is 2.32. The first kappa shape index (κ1) is 21.7. The number of halogens is 1. The van der Waals surface area contributed by atoms with E-state index in [-0.39, 0.29) is 17.2 Å². The second-order valence-electron chi connectivity index (χ2n) is 7.42. The van der Waals surface area contributed by atoms with Crippen LogP contribution in [-0.2, 0) is 14.8 Å². The van der Waals surface area contributed by atoms with E-state index in [4.69, 9.17) is 21.1 Å².